The van der Waals surface area contributed by atoms with E-state index in [-0.39, 0.29) is 12.5 Å². The zero-order chi connectivity index (χ0) is 22.1. The molecular weight excluding hydrogens is 420 g/mol. The van der Waals surface area contributed by atoms with Crippen LogP contribution in [-0.4, -0.2) is 30.2 Å². The molecule has 0 bridgehead atoms. The van der Waals surface area contributed by atoms with Gasteiger partial charge in [-0.1, -0.05) is 35.9 Å². The molecule has 0 atom stereocenters. The fraction of sp³-hybridized carbons (Fsp3) is 0.0833. The molecule has 158 valence electrons. The van der Waals surface area contributed by atoms with Gasteiger partial charge in [-0.05, 0) is 61.6 Å². The second kappa shape index (κ2) is 8.24. The minimum atomic E-state index is -0.183. The molecule has 0 aliphatic carbocycles. The van der Waals surface area contributed by atoms with E-state index >= 15 is 0 Å². The number of fused-ring (bicyclic) bond motifs is 1. The van der Waals surface area contributed by atoms with Crippen molar-refractivity contribution in [1.29, 1.82) is 0 Å². The van der Waals surface area contributed by atoms with Crippen molar-refractivity contribution in [2.45, 2.75) is 13.5 Å². The number of aryl methyl sites for hydroxylation is 1. The Balaban J connectivity index is 1.33. The monoisotopic (exact) mass is 440 g/mol. The van der Waals surface area contributed by atoms with Gasteiger partial charge in [0, 0.05) is 16.9 Å². The Kier molecular flexibility index (Phi) is 5.12. The fourth-order valence-electron chi connectivity index (χ4n) is 3.68. The van der Waals surface area contributed by atoms with Crippen LogP contribution in [0.5, 0.6) is 0 Å². The first-order valence-electron chi connectivity index (χ1n) is 10.1. The second-order valence-electron chi connectivity index (χ2n) is 7.51. The molecule has 2 N–H and O–H groups in total. The lowest BCUT2D eigenvalue weighted by Crippen LogP contribution is -2.19. The maximum atomic E-state index is 12.7. The highest BCUT2D eigenvalue weighted by Crippen LogP contribution is 2.21. The van der Waals surface area contributed by atoms with Gasteiger partial charge in [0.05, 0.1) is 11.0 Å². The average molecular weight is 441 g/mol. The van der Waals surface area contributed by atoms with Crippen LogP contribution in [0.2, 0.25) is 0 Å². The average Bonchev–Trinajstić information content (AvgIpc) is 3.38. The molecule has 1 amide bonds. The van der Waals surface area contributed by atoms with Crippen molar-refractivity contribution in [2.75, 3.05) is 5.32 Å². The van der Waals surface area contributed by atoms with Crippen LogP contribution in [0.3, 0.4) is 0 Å². The normalized spacial score (nSPS) is 11.0. The molecule has 7 nitrogen and oxygen atoms in total. The zero-order valence-electron chi connectivity index (χ0n) is 17.3. The molecule has 8 heteroatoms. The van der Waals surface area contributed by atoms with Gasteiger partial charge in [-0.25, -0.2) is 4.98 Å². The maximum Gasteiger partial charge on any atom is 0.244 e. The van der Waals surface area contributed by atoms with E-state index in [1.54, 1.807) is 10.9 Å². The van der Waals surface area contributed by atoms with E-state index in [4.69, 9.17) is 12.2 Å². The molecular formula is C24H20N6OS. The molecule has 2 heterocycles. The number of rotatable bonds is 5. The highest BCUT2D eigenvalue weighted by atomic mass is 32.1. The molecule has 32 heavy (non-hydrogen) atoms. The van der Waals surface area contributed by atoms with Crippen molar-refractivity contribution in [3.8, 4) is 17.1 Å². The first kappa shape index (κ1) is 19.9. The molecule has 0 radical (unpaired) electrons. The van der Waals surface area contributed by atoms with Crippen LogP contribution >= 0.6 is 12.2 Å². The van der Waals surface area contributed by atoms with Crippen LogP contribution in [0.15, 0.2) is 79.1 Å². The van der Waals surface area contributed by atoms with Crippen LogP contribution < -0.4 is 5.32 Å². The number of imidazole rings is 1. The van der Waals surface area contributed by atoms with Gasteiger partial charge >= 0.3 is 0 Å². The van der Waals surface area contributed by atoms with Gasteiger partial charge in [0.15, 0.2) is 10.6 Å². The predicted molar refractivity (Wildman–Crippen MR) is 127 cm³/mol. The molecule has 2 aromatic heterocycles. The van der Waals surface area contributed by atoms with Crippen LogP contribution in [0.4, 0.5) is 5.69 Å². The molecule has 3 aromatic carbocycles. The number of anilines is 1. The third-order valence-electron chi connectivity index (χ3n) is 5.22. The van der Waals surface area contributed by atoms with Gasteiger partial charge in [0.1, 0.15) is 12.9 Å². The summed E-state index contributed by atoms with van der Waals surface area (Å²) in [6.45, 7) is 2.07. The SMILES string of the molecule is Cc1cccc(-c2n[nH]c(=S)n2CC(=O)Nc2ccc(-n3cnc4ccccc43)cc2)c1. The molecule has 0 fully saturated rings. The van der Waals surface area contributed by atoms with E-state index in [0.717, 1.165) is 27.8 Å². The standard InChI is InChI=1S/C24H20N6OS/c1-16-5-4-6-17(13-16)23-27-28-24(32)29(23)14-22(31)26-18-9-11-19(12-10-18)30-15-25-20-7-2-3-8-21(20)30/h2-13,15H,14H2,1H3,(H,26,31)(H,28,32). The number of amides is 1. The summed E-state index contributed by atoms with van der Waals surface area (Å²) >= 11 is 5.35. The molecule has 0 aliphatic heterocycles. The number of hydrogen-bond donors (Lipinski definition) is 2. The number of nitrogens with zero attached hydrogens (tertiary/aromatic N) is 4. The number of para-hydroxylation sites is 2. The van der Waals surface area contributed by atoms with E-state index in [0.29, 0.717) is 16.3 Å². The molecule has 0 spiro atoms. The maximum absolute atomic E-state index is 12.7. The van der Waals surface area contributed by atoms with Crippen LogP contribution in [0, 0.1) is 11.7 Å². The van der Waals surface area contributed by atoms with E-state index in [9.17, 15) is 4.79 Å². The quantitative estimate of drug-likeness (QED) is 0.381. The van der Waals surface area contributed by atoms with Crippen molar-refractivity contribution in [3.63, 3.8) is 0 Å². The first-order chi connectivity index (χ1) is 15.6. The molecule has 0 unspecified atom stereocenters. The Labute approximate surface area is 189 Å². The first-order valence-corrected chi connectivity index (χ1v) is 10.5. The molecule has 0 aliphatic rings. The topological polar surface area (TPSA) is 80.5 Å². The largest absolute Gasteiger partial charge is 0.325 e. The molecule has 5 rings (SSSR count). The molecule has 0 saturated heterocycles. The number of benzene rings is 3. The molecule has 0 saturated carbocycles. The lowest BCUT2D eigenvalue weighted by atomic mass is 10.1. The van der Waals surface area contributed by atoms with Crippen molar-refractivity contribution < 1.29 is 4.79 Å². The van der Waals surface area contributed by atoms with Crippen LogP contribution in [-0.2, 0) is 11.3 Å². The van der Waals surface area contributed by atoms with Gasteiger partial charge in [-0.15, -0.1) is 0 Å². The number of hydrogen-bond acceptors (Lipinski definition) is 4. The van der Waals surface area contributed by atoms with E-state index in [1.165, 1.54) is 0 Å². The Hall–Kier alpha value is -4.04. The number of carbonyl (C=O) groups excluding carboxylic acids is 1. The summed E-state index contributed by atoms with van der Waals surface area (Å²) in [5.41, 5.74) is 5.65. The fourth-order valence-corrected chi connectivity index (χ4v) is 3.88. The molecule has 5 aromatic rings. The second-order valence-corrected chi connectivity index (χ2v) is 7.89. The van der Waals surface area contributed by atoms with Crippen molar-refractivity contribution in [3.05, 3.63) is 89.5 Å². The number of H-pyrrole nitrogens is 1. The predicted octanol–water partition coefficient (Wildman–Crippen LogP) is 4.89. The lowest BCUT2D eigenvalue weighted by molar-refractivity contribution is -0.116. The Morgan fingerprint density at radius 2 is 1.88 bits per heavy atom. The zero-order valence-corrected chi connectivity index (χ0v) is 18.1. The highest BCUT2D eigenvalue weighted by Gasteiger charge is 2.13. The summed E-state index contributed by atoms with van der Waals surface area (Å²) in [5, 5.41) is 10.0. The van der Waals surface area contributed by atoms with E-state index < -0.39 is 0 Å². The summed E-state index contributed by atoms with van der Waals surface area (Å²) < 4.78 is 4.12. The lowest BCUT2D eigenvalue weighted by Gasteiger charge is -2.10. The highest BCUT2D eigenvalue weighted by molar-refractivity contribution is 7.71. The number of carbonyl (C=O) groups is 1. The summed E-state index contributed by atoms with van der Waals surface area (Å²) in [5.74, 6) is 0.452. The van der Waals surface area contributed by atoms with Crippen LogP contribution in [0.25, 0.3) is 28.1 Å². The van der Waals surface area contributed by atoms with Gasteiger partial charge in [-0.2, -0.15) is 5.10 Å². The number of aromatic amines is 1. The van der Waals surface area contributed by atoms with Gasteiger partial charge in [-0.3, -0.25) is 19.0 Å². The smallest absolute Gasteiger partial charge is 0.244 e. The van der Waals surface area contributed by atoms with Crippen molar-refractivity contribution in [1.82, 2.24) is 24.3 Å². The number of nitrogens with one attached hydrogen (secondary N) is 2. The summed E-state index contributed by atoms with van der Waals surface area (Å²) in [6, 6.07) is 23.5. The summed E-state index contributed by atoms with van der Waals surface area (Å²) in [4.78, 5) is 17.2. The summed E-state index contributed by atoms with van der Waals surface area (Å²) in [6.07, 6.45) is 1.80. The minimum absolute atomic E-state index is 0.0620. The van der Waals surface area contributed by atoms with Gasteiger partial charge in [0.2, 0.25) is 5.91 Å². The minimum Gasteiger partial charge on any atom is -0.325 e. The van der Waals surface area contributed by atoms with Crippen LogP contribution in [0.1, 0.15) is 5.56 Å². The third-order valence-corrected chi connectivity index (χ3v) is 5.53. The van der Waals surface area contributed by atoms with Gasteiger partial charge in [0.25, 0.3) is 0 Å². The van der Waals surface area contributed by atoms with E-state index in [2.05, 4.69) is 20.5 Å². The Morgan fingerprint density at radius 3 is 2.69 bits per heavy atom. The van der Waals surface area contributed by atoms with Crippen molar-refractivity contribution >= 4 is 34.8 Å². The Bertz CT molecular complexity index is 1480. The van der Waals surface area contributed by atoms with Gasteiger partial charge < -0.3 is 5.32 Å². The van der Waals surface area contributed by atoms with E-state index in [1.807, 2.05) is 84.3 Å². The van der Waals surface area contributed by atoms with Crippen molar-refractivity contribution in [2.24, 2.45) is 0 Å². The number of aromatic nitrogens is 5. The summed E-state index contributed by atoms with van der Waals surface area (Å²) in [7, 11) is 0. The third kappa shape index (κ3) is 3.83. The Morgan fingerprint density at radius 1 is 1.06 bits per heavy atom.